The van der Waals surface area contributed by atoms with Gasteiger partial charge in [0.15, 0.2) is 5.65 Å². The minimum Gasteiger partial charge on any atom is -0.236 e. The van der Waals surface area contributed by atoms with Gasteiger partial charge in [0.1, 0.15) is 0 Å². The molecule has 0 saturated heterocycles. The first-order valence-corrected chi connectivity index (χ1v) is 6.14. The molecule has 0 atom stereocenters. The molecule has 0 unspecified atom stereocenters. The van der Waals surface area contributed by atoms with Crippen LogP contribution < -0.4 is 0 Å². The van der Waals surface area contributed by atoms with Crippen LogP contribution in [0, 0.1) is 0 Å². The van der Waals surface area contributed by atoms with Crippen molar-refractivity contribution in [3.05, 3.63) is 28.6 Å². The van der Waals surface area contributed by atoms with Gasteiger partial charge in [0, 0.05) is 17.8 Å². The number of hydrogen-bond donors (Lipinski definition) is 0. The maximum atomic E-state index is 4.37. The molecule has 2 heterocycles. The molecule has 0 spiro atoms. The molecule has 0 aliphatic heterocycles. The van der Waals surface area contributed by atoms with Crippen LogP contribution in [0.3, 0.4) is 0 Å². The Labute approximate surface area is 96.6 Å². The average molecular weight is 266 g/mol. The molecule has 0 N–H and O–H groups in total. The smallest absolute Gasteiger partial charge is 0.169 e. The standard InChI is InChI=1S/C11H12BrN3/c12-9-7-14-15-10(5-6-13-11(9)15)8-3-1-2-4-8/h5-8H,1-4H2. The van der Waals surface area contributed by atoms with E-state index in [-0.39, 0.29) is 0 Å². The van der Waals surface area contributed by atoms with Gasteiger partial charge in [0.05, 0.1) is 10.7 Å². The summed E-state index contributed by atoms with van der Waals surface area (Å²) in [6.07, 6.45) is 8.97. The van der Waals surface area contributed by atoms with Crippen molar-refractivity contribution in [2.45, 2.75) is 31.6 Å². The molecule has 1 saturated carbocycles. The minimum absolute atomic E-state index is 0.669. The van der Waals surface area contributed by atoms with Gasteiger partial charge >= 0.3 is 0 Å². The zero-order chi connectivity index (χ0) is 10.3. The van der Waals surface area contributed by atoms with E-state index in [2.05, 4.69) is 32.1 Å². The Morgan fingerprint density at radius 3 is 2.93 bits per heavy atom. The zero-order valence-corrected chi connectivity index (χ0v) is 9.94. The van der Waals surface area contributed by atoms with Crippen LogP contribution >= 0.6 is 15.9 Å². The number of halogens is 1. The summed E-state index contributed by atoms with van der Waals surface area (Å²) in [6.45, 7) is 0. The Bertz CT molecular complexity index is 486. The van der Waals surface area contributed by atoms with E-state index < -0.39 is 0 Å². The fourth-order valence-electron chi connectivity index (χ4n) is 2.41. The van der Waals surface area contributed by atoms with Gasteiger partial charge in [-0.1, -0.05) is 12.8 Å². The first-order valence-electron chi connectivity index (χ1n) is 5.34. The Balaban J connectivity index is 2.17. The van der Waals surface area contributed by atoms with Crippen molar-refractivity contribution in [3.8, 4) is 0 Å². The van der Waals surface area contributed by atoms with Crippen molar-refractivity contribution >= 4 is 21.6 Å². The van der Waals surface area contributed by atoms with E-state index in [1.54, 1.807) is 0 Å². The lowest BCUT2D eigenvalue weighted by atomic mass is 10.0. The summed E-state index contributed by atoms with van der Waals surface area (Å²) >= 11 is 3.46. The second-order valence-corrected chi connectivity index (χ2v) is 4.93. The molecule has 1 fully saturated rings. The first kappa shape index (κ1) is 9.33. The van der Waals surface area contributed by atoms with E-state index in [1.165, 1.54) is 31.4 Å². The van der Waals surface area contributed by atoms with Gasteiger partial charge in [-0.05, 0) is 34.8 Å². The molecule has 3 nitrogen and oxygen atoms in total. The van der Waals surface area contributed by atoms with Crippen LogP contribution in [-0.4, -0.2) is 14.6 Å². The fraction of sp³-hybridized carbons (Fsp3) is 0.455. The number of hydrogen-bond acceptors (Lipinski definition) is 2. The molecule has 78 valence electrons. The number of nitrogens with zero attached hydrogens (tertiary/aromatic N) is 3. The summed E-state index contributed by atoms with van der Waals surface area (Å²) in [5.41, 5.74) is 2.24. The van der Waals surface area contributed by atoms with E-state index in [4.69, 9.17) is 0 Å². The third-order valence-corrected chi connectivity index (χ3v) is 3.72. The summed E-state index contributed by atoms with van der Waals surface area (Å²) in [7, 11) is 0. The average Bonchev–Trinajstić information content (AvgIpc) is 2.88. The molecule has 15 heavy (non-hydrogen) atoms. The molecular weight excluding hydrogens is 254 g/mol. The minimum atomic E-state index is 0.669. The number of rotatable bonds is 1. The van der Waals surface area contributed by atoms with E-state index >= 15 is 0 Å². The summed E-state index contributed by atoms with van der Waals surface area (Å²) in [6, 6.07) is 2.10. The Morgan fingerprint density at radius 1 is 1.33 bits per heavy atom. The topological polar surface area (TPSA) is 30.2 Å². The summed E-state index contributed by atoms with van der Waals surface area (Å²) in [5, 5.41) is 4.37. The van der Waals surface area contributed by atoms with Gasteiger partial charge in [-0.15, -0.1) is 0 Å². The van der Waals surface area contributed by atoms with Crippen LogP contribution in [0.2, 0.25) is 0 Å². The molecule has 3 rings (SSSR count). The van der Waals surface area contributed by atoms with Crippen LogP contribution in [-0.2, 0) is 0 Å². The highest BCUT2D eigenvalue weighted by Crippen LogP contribution is 2.34. The van der Waals surface area contributed by atoms with E-state index in [1.807, 2.05) is 16.9 Å². The molecule has 1 aliphatic rings. The molecule has 0 bridgehead atoms. The second kappa shape index (κ2) is 3.59. The Morgan fingerprint density at radius 2 is 2.13 bits per heavy atom. The SMILES string of the molecule is Brc1cnn2c(C3CCCC3)ccnc12. The molecule has 1 aliphatic carbocycles. The van der Waals surface area contributed by atoms with Crippen LogP contribution in [0.4, 0.5) is 0 Å². The van der Waals surface area contributed by atoms with Gasteiger partial charge in [-0.25, -0.2) is 9.50 Å². The number of fused-ring (bicyclic) bond motifs is 1. The maximum absolute atomic E-state index is 4.37. The van der Waals surface area contributed by atoms with Gasteiger partial charge < -0.3 is 0 Å². The lowest BCUT2D eigenvalue weighted by Gasteiger charge is -2.10. The van der Waals surface area contributed by atoms with Crippen molar-refractivity contribution in [2.75, 3.05) is 0 Å². The highest BCUT2D eigenvalue weighted by Gasteiger charge is 2.20. The van der Waals surface area contributed by atoms with Crippen LogP contribution in [0.1, 0.15) is 37.3 Å². The van der Waals surface area contributed by atoms with Crippen LogP contribution in [0.25, 0.3) is 5.65 Å². The van der Waals surface area contributed by atoms with Crippen LogP contribution in [0.15, 0.2) is 22.9 Å². The van der Waals surface area contributed by atoms with Crippen molar-refractivity contribution < 1.29 is 0 Å². The fourth-order valence-corrected chi connectivity index (χ4v) is 2.77. The first-order chi connectivity index (χ1) is 7.36. The highest BCUT2D eigenvalue weighted by molar-refractivity contribution is 9.10. The third-order valence-electron chi connectivity index (χ3n) is 3.16. The normalized spacial score (nSPS) is 17.7. The lowest BCUT2D eigenvalue weighted by molar-refractivity contribution is 0.661. The van der Waals surface area contributed by atoms with Crippen LogP contribution in [0.5, 0.6) is 0 Å². The Kier molecular flexibility index (Phi) is 2.24. The van der Waals surface area contributed by atoms with Crippen molar-refractivity contribution in [3.63, 3.8) is 0 Å². The quantitative estimate of drug-likeness (QED) is 0.793. The van der Waals surface area contributed by atoms with Gasteiger partial charge in [-0.3, -0.25) is 0 Å². The lowest BCUT2D eigenvalue weighted by Crippen LogP contribution is -2.03. The molecule has 0 amide bonds. The molecule has 4 heteroatoms. The summed E-state index contributed by atoms with van der Waals surface area (Å²) < 4.78 is 2.95. The zero-order valence-electron chi connectivity index (χ0n) is 8.36. The van der Waals surface area contributed by atoms with Gasteiger partial charge in [0.25, 0.3) is 0 Å². The van der Waals surface area contributed by atoms with E-state index in [9.17, 15) is 0 Å². The van der Waals surface area contributed by atoms with Gasteiger partial charge in [0.2, 0.25) is 0 Å². The van der Waals surface area contributed by atoms with Crippen molar-refractivity contribution in [2.24, 2.45) is 0 Å². The Hall–Kier alpha value is -0.900. The molecule has 0 radical (unpaired) electrons. The van der Waals surface area contributed by atoms with Gasteiger partial charge in [-0.2, -0.15) is 5.10 Å². The molecule has 0 aromatic carbocycles. The third kappa shape index (κ3) is 1.47. The van der Waals surface area contributed by atoms with Crippen molar-refractivity contribution in [1.29, 1.82) is 0 Å². The van der Waals surface area contributed by atoms with E-state index in [0.717, 1.165) is 10.1 Å². The second-order valence-electron chi connectivity index (χ2n) is 4.08. The summed E-state index contributed by atoms with van der Waals surface area (Å²) in [5.74, 6) is 0.669. The van der Waals surface area contributed by atoms with Crippen molar-refractivity contribution in [1.82, 2.24) is 14.6 Å². The molecule has 2 aromatic rings. The monoisotopic (exact) mass is 265 g/mol. The predicted octanol–water partition coefficient (Wildman–Crippen LogP) is 3.15. The largest absolute Gasteiger partial charge is 0.236 e. The predicted molar refractivity (Wildman–Crippen MR) is 61.9 cm³/mol. The molecule has 2 aromatic heterocycles. The summed E-state index contributed by atoms with van der Waals surface area (Å²) in [4.78, 5) is 4.33. The maximum Gasteiger partial charge on any atom is 0.169 e. The number of aromatic nitrogens is 3. The molecular formula is C11H12BrN3. The van der Waals surface area contributed by atoms with E-state index in [0.29, 0.717) is 5.92 Å². The highest BCUT2D eigenvalue weighted by atomic mass is 79.9.